The van der Waals surface area contributed by atoms with Crippen LogP contribution in [0, 0.1) is 0 Å². The lowest BCUT2D eigenvalue weighted by Crippen LogP contribution is -2.08. The minimum absolute atomic E-state index is 0.419. The molecule has 2 aromatic rings. The summed E-state index contributed by atoms with van der Waals surface area (Å²) in [4.78, 5) is 11.9. The first kappa shape index (κ1) is 12.1. The van der Waals surface area contributed by atoms with E-state index >= 15 is 0 Å². The van der Waals surface area contributed by atoms with Crippen molar-refractivity contribution in [1.82, 2.24) is 0 Å². The van der Waals surface area contributed by atoms with Gasteiger partial charge in [0.05, 0.1) is 0 Å². The van der Waals surface area contributed by atoms with E-state index in [9.17, 15) is 9.90 Å². The monoisotopic (exact) mass is 268 g/mol. The quantitative estimate of drug-likeness (QED) is 0.899. The van der Waals surface area contributed by atoms with Crippen LogP contribution in [-0.2, 0) is 4.79 Å². The zero-order valence-corrected chi connectivity index (χ0v) is 10.2. The van der Waals surface area contributed by atoms with Gasteiger partial charge in [0.25, 0.3) is 0 Å². The summed E-state index contributed by atoms with van der Waals surface area (Å²) in [5.41, 5.74) is 0.947. The maximum Gasteiger partial charge on any atom is 0.338 e. The Labute approximate surface area is 107 Å². The molecule has 1 aromatic carbocycles. The van der Waals surface area contributed by atoms with Crippen LogP contribution in [0.25, 0.3) is 10.4 Å². The zero-order chi connectivity index (χ0) is 12.4. The maximum atomic E-state index is 10.6. The molecule has 3 nitrogen and oxygen atoms in total. The molecule has 88 valence electrons. The van der Waals surface area contributed by atoms with E-state index in [2.05, 4.69) is 0 Å². The van der Waals surface area contributed by atoms with E-state index in [1.165, 1.54) is 11.3 Å². The van der Waals surface area contributed by atoms with Crippen molar-refractivity contribution in [3.63, 3.8) is 0 Å². The molecule has 0 aliphatic carbocycles. The molecule has 0 spiro atoms. The number of aliphatic carboxylic acids is 1. The second kappa shape index (κ2) is 4.87. The molecule has 1 heterocycles. The summed E-state index contributed by atoms with van der Waals surface area (Å²) in [6.07, 6.45) is -1.46. The minimum Gasteiger partial charge on any atom is -0.479 e. The third kappa shape index (κ3) is 2.66. The van der Waals surface area contributed by atoms with Crippen LogP contribution in [0.15, 0.2) is 36.4 Å². The Morgan fingerprint density at radius 2 is 1.82 bits per heavy atom. The van der Waals surface area contributed by atoms with Crippen LogP contribution in [0.2, 0.25) is 5.02 Å². The van der Waals surface area contributed by atoms with Crippen molar-refractivity contribution in [2.24, 2.45) is 0 Å². The molecule has 0 bridgehead atoms. The summed E-state index contributed by atoms with van der Waals surface area (Å²) in [5.74, 6) is -1.24. The normalized spacial score (nSPS) is 12.4. The Morgan fingerprint density at radius 1 is 1.18 bits per heavy atom. The predicted molar refractivity (Wildman–Crippen MR) is 67.4 cm³/mol. The van der Waals surface area contributed by atoms with Gasteiger partial charge in [-0.25, -0.2) is 4.79 Å². The van der Waals surface area contributed by atoms with Gasteiger partial charge in [0, 0.05) is 14.8 Å². The van der Waals surface area contributed by atoms with E-state index < -0.39 is 12.1 Å². The molecule has 0 saturated carbocycles. The number of benzene rings is 1. The Kier molecular flexibility index (Phi) is 3.47. The van der Waals surface area contributed by atoms with Crippen molar-refractivity contribution in [2.45, 2.75) is 6.10 Å². The molecule has 0 radical (unpaired) electrons. The number of aliphatic hydroxyl groups excluding tert-OH is 1. The fourth-order valence-corrected chi connectivity index (χ4v) is 2.51. The summed E-state index contributed by atoms with van der Waals surface area (Å²) in [6.45, 7) is 0. The highest BCUT2D eigenvalue weighted by molar-refractivity contribution is 7.15. The van der Waals surface area contributed by atoms with Crippen LogP contribution in [0.3, 0.4) is 0 Å². The Morgan fingerprint density at radius 3 is 2.41 bits per heavy atom. The number of hydrogen-bond acceptors (Lipinski definition) is 3. The molecule has 2 rings (SSSR count). The van der Waals surface area contributed by atoms with Crippen LogP contribution in [0.1, 0.15) is 11.0 Å². The van der Waals surface area contributed by atoms with Crippen LogP contribution >= 0.6 is 22.9 Å². The number of hydrogen-bond donors (Lipinski definition) is 2. The Bertz CT molecular complexity index is 533. The number of carboxylic acids is 1. The summed E-state index contributed by atoms with van der Waals surface area (Å²) >= 11 is 7.04. The smallest absolute Gasteiger partial charge is 0.338 e. The summed E-state index contributed by atoms with van der Waals surface area (Å²) in [5, 5.41) is 18.7. The second-order valence-corrected chi connectivity index (χ2v) is 5.00. The molecular formula is C12H9ClO3S. The minimum atomic E-state index is -1.46. The zero-order valence-electron chi connectivity index (χ0n) is 8.63. The molecule has 0 amide bonds. The second-order valence-electron chi connectivity index (χ2n) is 3.45. The first-order valence-electron chi connectivity index (χ1n) is 4.84. The van der Waals surface area contributed by atoms with Gasteiger partial charge in [-0.3, -0.25) is 0 Å². The largest absolute Gasteiger partial charge is 0.479 e. The van der Waals surface area contributed by atoms with Gasteiger partial charge in [-0.2, -0.15) is 0 Å². The lowest BCUT2D eigenvalue weighted by atomic mass is 10.2. The lowest BCUT2D eigenvalue weighted by molar-refractivity contribution is -0.146. The highest BCUT2D eigenvalue weighted by Gasteiger charge is 2.18. The number of rotatable bonds is 3. The highest BCUT2D eigenvalue weighted by atomic mass is 35.5. The molecule has 0 saturated heterocycles. The average molecular weight is 269 g/mol. The van der Waals surface area contributed by atoms with E-state index in [0.717, 1.165) is 10.4 Å². The highest BCUT2D eigenvalue weighted by Crippen LogP contribution is 2.32. The summed E-state index contributed by atoms with van der Waals surface area (Å²) in [7, 11) is 0. The van der Waals surface area contributed by atoms with E-state index in [4.69, 9.17) is 16.7 Å². The fourth-order valence-electron chi connectivity index (χ4n) is 1.39. The van der Waals surface area contributed by atoms with Crippen LogP contribution in [-0.4, -0.2) is 16.2 Å². The molecule has 2 N–H and O–H groups in total. The third-order valence-corrected chi connectivity index (χ3v) is 3.70. The van der Waals surface area contributed by atoms with Gasteiger partial charge >= 0.3 is 5.97 Å². The number of aliphatic hydroxyl groups is 1. The molecule has 1 atom stereocenters. The average Bonchev–Trinajstić information content (AvgIpc) is 2.78. The molecule has 0 unspecified atom stereocenters. The maximum absolute atomic E-state index is 10.6. The van der Waals surface area contributed by atoms with Gasteiger partial charge in [-0.1, -0.05) is 23.7 Å². The van der Waals surface area contributed by atoms with Crippen LogP contribution < -0.4 is 0 Å². The third-order valence-electron chi connectivity index (χ3n) is 2.26. The van der Waals surface area contributed by atoms with Crippen LogP contribution in [0.5, 0.6) is 0 Å². The van der Waals surface area contributed by atoms with Gasteiger partial charge < -0.3 is 10.2 Å². The molecule has 0 aliphatic heterocycles. The molecule has 5 heteroatoms. The van der Waals surface area contributed by atoms with Crippen molar-refractivity contribution in [2.75, 3.05) is 0 Å². The number of carboxylic acid groups (broad SMARTS) is 1. The van der Waals surface area contributed by atoms with Crippen molar-refractivity contribution in [3.05, 3.63) is 46.3 Å². The van der Waals surface area contributed by atoms with E-state index in [0.29, 0.717) is 9.90 Å². The van der Waals surface area contributed by atoms with Gasteiger partial charge in [0.2, 0.25) is 0 Å². The molecule has 0 aliphatic rings. The standard InChI is InChI=1S/C12H9ClO3S/c13-8-3-1-7(2-4-8)9-5-6-10(17-9)11(14)12(15)16/h1-6,11,14H,(H,15,16)/t11-/m0/s1. The predicted octanol–water partition coefficient (Wildman–Crippen LogP) is 3.19. The molecule has 17 heavy (non-hydrogen) atoms. The van der Waals surface area contributed by atoms with E-state index in [-0.39, 0.29) is 0 Å². The molecule has 1 aromatic heterocycles. The Balaban J connectivity index is 2.29. The molecular weight excluding hydrogens is 260 g/mol. The first-order chi connectivity index (χ1) is 8.08. The summed E-state index contributed by atoms with van der Waals surface area (Å²) < 4.78 is 0. The van der Waals surface area contributed by atoms with Crippen molar-refractivity contribution < 1.29 is 15.0 Å². The van der Waals surface area contributed by atoms with Crippen LogP contribution in [0.4, 0.5) is 0 Å². The first-order valence-corrected chi connectivity index (χ1v) is 6.04. The van der Waals surface area contributed by atoms with E-state index in [1.807, 2.05) is 12.1 Å². The number of thiophene rings is 1. The topological polar surface area (TPSA) is 57.5 Å². The lowest BCUT2D eigenvalue weighted by Gasteiger charge is -2.00. The molecule has 0 fully saturated rings. The van der Waals surface area contributed by atoms with Crippen molar-refractivity contribution in [1.29, 1.82) is 0 Å². The van der Waals surface area contributed by atoms with Crippen molar-refractivity contribution in [3.8, 4) is 10.4 Å². The fraction of sp³-hybridized carbons (Fsp3) is 0.0833. The van der Waals surface area contributed by atoms with Gasteiger partial charge in [-0.15, -0.1) is 11.3 Å². The van der Waals surface area contributed by atoms with Gasteiger partial charge in [-0.05, 0) is 29.8 Å². The number of halogens is 1. The van der Waals surface area contributed by atoms with Gasteiger partial charge in [0.1, 0.15) is 0 Å². The SMILES string of the molecule is O=C(O)[C@@H](O)c1ccc(-c2ccc(Cl)cc2)s1. The Hall–Kier alpha value is -1.36. The summed E-state index contributed by atoms with van der Waals surface area (Å²) in [6, 6.07) is 10.6. The van der Waals surface area contributed by atoms with Crippen molar-refractivity contribution >= 4 is 28.9 Å². The van der Waals surface area contributed by atoms with Gasteiger partial charge in [0.15, 0.2) is 6.10 Å². The van der Waals surface area contributed by atoms with E-state index in [1.54, 1.807) is 24.3 Å². The number of carbonyl (C=O) groups is 1.